The summed E-state index contributed by atoms with van der Waals surface area (Å²) < 4.78 is 7.50. The Bertz CT molecular complexity index is 543. The number of nitrogens with zero attached hydrogens (tertiary/aromatic N) is 1. The van der Waals surface area contributed by atoms with Crippen molar-refractivity contribution in [2.45, 2.75) is 38.4 Å². The van der Waals surface area contributed by atoms with E-state index in [0.717, 1.165) is 32.2 Å². The van der Waals surface area contributed by atoms with Gasteiger partial charge in [0.1, 0.15) is 0 Å². The number of aromatic nitrogens is 1. The van der Waals surface area contributed by atoms with E-state index in [1.165, 1.54) is 29.3 Å². The molecule has 0 saturated heterocycles. The molecule has 3 rings (SSSR count). The van der Waals surface area contributed by atoms with Crippen LogP contribution in [0.15, 0.2) is 30.5 Å². The van der Waals surface area contributed by atoms with Crippen molar-refractivity contribution in [1.29, 1.82) is 0 Å². The maximum absolute atomic E-state index is 5.14. The van der Waals surface area contributed by atoms with E-state index in [1.807, 2.05) is 0 Å². The Balaban J connectivity index is 1.80. The van der Waals surface area contributed by atoms with Crippen molar-refractivity contribution in [2.24, 2.45) is 0 Å². The van der Waals surface area contributed by atoms with Gasteiger partial charge in [-0.15, -0.1) is 0 Å². The largest absolute Gasteiger partial charge is 0.385 e. The van der Waals surface area contributed by atoms with Crippen molar-refractivity contribution in [3.8, 4) is 0 Å². The molecule has 1 aliphatic rings. The first-order chi connectivity index (χ1) is 9.38. The Hall–Kier alpha value is -1.32. The van der Waals surface area contributed by atoms with Gasteiger partial charge >= 0.3 is 0 Å². The van der Waals surface area contributed by atoms with Crippen LogP contribution in [0.5, 0.6) is 0 Å². The van der Waals surface area contributed by atoms with Crippen molar-refractivity contribution in [3.05, 3.63) is 36.0 Å². The summed E-state index contributed by atoms with van der Waals surface area (Å²) >= 11 is 0. The monoisotopic (exact) mass is 258 g/mol. The molecule has 1 heterocycles. The molecule has 0 amide bonds. The summed E-state index contributed by atoms with van der Waals surface area (Å²) in [5.74, 6) is 0. The van der Waals surface area contributed by atoms with E-state index in [4.69, 9.17) is 4.74 Å². The first-order valence-electron chi connectivity index (χ1n) is 7.17. The summed E-state index contributed by atoms with van der Waals surface area (Å²) in [6, 6.07) is 9.56. The number of hydrogen-bond donors (Lipinski definition) is 1. The number of ether oxygens (including phenoxy) is 1. The van der Waals surface area contributed by atoms with Crippen molar-refractivity contribution in [2.75, 3.05) is 13.7 Å². The van der Waals surface area contributed by atoms with Crippen molar-refractivity contribution in [1.82, 2.24) is 9.88 Å². The van der Waals surface area contributed by atoms with Crippen LogP contribution in [-0.4, -0.2) is 24.3 Å². The zero-order chi connectivity index (χ0) is 13.1. The zero-order valence-electron chi connectivity index (χ0n) is 11.6. The highest BCUT2D eigenvalue weighted by atomic mass is 16.5. The minimum Gasteiger partial charge on any atom is -0.385 e. The van der Waals surface area contributed by atoms with Gasteiger partial charge in [0.15, 0.2) is 0 Å². The van der Waals surface area contributed by atoms with E-state index in [1.54, 1.807) is 7.11 Å². The molecule has 3 nitrogen and oxygen atoms in total. The quantitative estimate of drug-likeness (QED) is 0.773. The molecule has 0 spiro atoms. The molecular formula is C16H22N2O. The fourth-order valence-corrected chi connectivity index (χ4v) is 2.59. The molecule has 0 unspecified atom stereocenters. The van der Waals surface area contributed by atoms with Crippen LogP contribution in [0.3, 0.4) is 0 Å². The van der Waals surface area contributed by atoms with Gasteiger partial charge in [-0.2, -0.15) is 0 Å². The predicted molar refractivity (Wildman–Crippen MR) is 78.3 cm³/mol. The lowest BCUT2D eigenvalue weighted by Crippen LogP contribution is -2.16. The first-order valence-corrected chi connectivity index (χ1v) is 7.17. The van der Waals surface area contributed by atoms with E-state index in [2.05, 4.69) is 40.3 Å². The Labute approximate surface area is 114 Å². The van der Waals surface area contributed by atoms with E-state index >= 15 is 0 Å². The average molecular weight is 258 g/mol. The number of rotatable bonds is 7. The number of benzene rings is 1. The highest BCUT2D eigenvalue weighted by Crippen LogP contribution is 2.23. The molecule has 0 bridgehead atoms. The van der Waals surface area contributed by atoms with E-state index < -0.39 is 0 Å². The maximum atomic E-state index is 5.14. The lowest BCUT2D eigenvalue weighted by molar-refractivity contribution is 0.190. The molecule has 0 atom stereocenters. The summed E-state index contributed by atoms with van der Waals surface area (Å²) in [6.45, 7) is 2.83. The van der Waals surface area contributed by atoms with Gasteiger partial charge in [-0.25, -0.2) is 0 Å². The van der Waals surface area contributed by atoms with Crippen molar-refractivity contribution in [3.63, 3.8) is 0 Å². The van der Waals surface area contributed by atoms with Crippen LogP contribution >= 0.6 is 0 Å². The Morgan fingerprint density at radius 3 is 3.00 bits per heavy atom. The van der Waals surface area contributed by atoms with Gasteiger partial charge in [0.25, 0.3) is 0 Å². The number of para-hydroxylation sites is 1. The van der Waals surface area contributed by atoms with Gasteiger partial charge in [-0.1, -0.05) is 18.2 Å². The number of methoxy groups -OCH3 is 1. The number of hydrogen-bond acceptors (Lipinski definition) is 2. The summed E-state index contributed by atoms with van der Waals surface area (Å²) in [4.78, 5) is 0. The standard InChI is InChI=1S/C16H22N2O/c1-19-11-3-9-18-10-8-13-4-2-5-14(16(13)18)12-17-15-6-7-15/h2,4-5,8,10,15,17H,3,6-7,9,11-12H2,1H3. The second kappa shape index (κ2) is 5.76. The van der Waals surface area contributed by atoms with Crippen LogP contribution in [0.1, 0.15) is 24.8 Å². The summed E-state index contributed by atoms with van der Waals surface area (Å²) in [6.07, 6.45) is 5.93. The topological polar surface area (TPSA) is 26.2 Å². The van der Waals surface area contributed by atoms with Crippen LogP contribution in [0, 0.1) is 0 Å². The van der Waals surface area contributed by atoms with Gasteiger partial charge in [-0.05, 0) is 36.3 Å². The third-order valence-corrected chi connectivity index (χ3v) is 3.78. The third-order valence-electron chi connectivity index (χ3n) is 3.78. The fraction of sp³-hybridized carbons (Fsp3) is 0.500. The lowest BCUT2D eigenvalue weighted by Gasteiger charge is -2.10. The summed E-state index contributed by atoms with van der Waals surface area (Å²) in [5, 5.41) is 4.95. The highest BCUT2D eigenvalue weighted by Gasteiger charge is 2.20. The molecule has 1 N–H and O–H groups in total. The smallest absolute Gasteiger partial charge is 0.0525 e. The van der Waals surface area contributed by atoms with Crippen LogP contribution < -0.4 is 5.32 Å². The molecule has 102 valence electrons. The number of aryl methyl sites for hydroxylation is 1. The molecular weight excluding hydrogens is 236 g/mol. The molecule has 1 aromatic heterocycles. The zero-order valence-corrected chi connectivity index (χ0v) is 11.6. The molecule has 0 aliphatic heterocycles. The van der Waals surface area contributed by atoms with Gasteiger partial charge in [0, 0.05) is 39.0 Å². The molecule has 2 aromatic rings. The second-order valence-electron chi connectivity index (χ2n) is 5.37. The Morgan fingerprint density at radius 2 is 2.21 bits per heavy atom. The van der Waals surface area contributed by atoms with Gasteiger partial charge in [0.05, 0.1) is 5.52 Å². The molecule has 1 saturated carbocycles. The third kappa shape index (κ3) is 2.99. The van der Waals surface area contributed by atoms with Crippen molar-refractivity contribution >= 4 is 10.9 Å². The SMILES string of the molecule is COCCCn1ccc2cccc(CNC3CC3)c21. The molecule has 3 heteroatoms. The minimum absolute atomic E-state index is 0.757. The first kappa shape index (κ1) is 12.7. The van der Waals surface area contributed by atoms with Gasteiger partial charge < -0.3 is 14.6 Å². The molecule has 1 fully saturated rings. The molecule has 1 aromatic carbocycles. The maximum Gasteiger partial charge on any atom is 0.0525 e. The molecule has 1 aliphatic carbocycles. The number of fused-ring (bicyclic) bond motifs is 1. The Morgan fingerprint density at radius 1 is 1.32 bits per heavy atom. The van der Waals surface area contributed by atoms with Crippen LogP contribution in [0.25, 0.3) is 10.9 Å². The predicted octanol–water partition coefficient (Wildman–Crippen LogP) is 2.93. The molecule has 19 heavy (non-hydrogen) atoms. The van der Waals surface area contributed by atoms with Crippen molar-refractivity contribution < 1.29 is 4.74 Å². The molecule has 0 radical (unpaired) electrons. The van der Waals surface area contributed by atoms with E-state index in [0.29, 0.717) is 0 Å². The normalized spacial score (nSPS) is 15.2. The van der Waals surface area contributed by atoms with Gasteiger partial charge in [0.2, 0.25) is 0 Å². The number of nitrogens with one attached hydrogen (secondary N) is 1. The van der Waals surface area contributed by atoms with Crippen LogP contribution in [0.4, 0.5) is 0 Å². The fourth-order valence-electron chi connectivity index (χ4n) is 2.59. The van der Waals surface area contributed by atoms with Crippen LogP contribution in [0.2, 0.25) is 0 Å². The Kier molecular flexibility index (Phi) is 3.85. The summed E-state index contributed by atoms with van der Waals surface area (Å²) in [7, 11) is 1.76. The second-order valence-corrected chi connectivity index (χ2v) is 5.37. The van der Waals surface area contributed by atoms with E-state index in [-0.39, 0.29) is 0 Å². The summed E-state index contributed by atoms with van der Waals surface area (Å²) in [5.41, 5.74) is 2.79. The van der Waals surface area contributed by atoms with Crippen LogP contribution in [-0.2, 0) is 17.8 Å². The average Bonchev–Trinajstić information content (AvgIpc) is 3.17. The van der Waals surface area contributed by atoms with E-state index in [9.17, 15) is 0 Å². The van der Waals surface area contributed by atoms with Gasteiger partial charge in [-0.3, -0.25) is 0 Å². The highest BCUT2D eigenvalue weighted by molar-refractivity contribution is 5.83. The minimum atomic E-state index is 0.757. The lowest BCUT2D eigenvalue weighted by atomic mass is 10.1.